The molecule has 0 aliphatic rings. The van der Waals surface area contributed by atoms with Crippen molar-refractivity contribution in [1.82, 2.24) is 25.6 Å². The van der Waals surface area contributed by atoms with E-state index >= 15 is 0 Å². The van der Waals surface area contributed by atoms with E-state index < -0.39 is 0 Å². The van der Waals surface area contributed by atoms with E-state index in [1.165, 1.54) is 5.69 Å². The highest BCUT2D eigenvalue weighted by atomic mass is 127. The molecule has 0 unspecified atom stereocenters. The number of aryl methyl sites for hydroxylation is 3. The van der Waals surface area contributed by atoms with Crippen LogP contribution in [0.15, 0.2) is 21.6 Å². The summed E-state index contributed by atoms with van der Waals surface area (Å²) in [5, 5.41) is 15.3. The molecule has 0 aliphatic heterocycles. The van der Waals surface area contributed by atoms with Crippen molar-refractivity contribution in [3.05, 3.63) is 35.0 Å². The summed E-state index contributed by atoms with van der Waals surface area (Å²) in [6.07, 6.45) is 3.13. The first-order valence-corrected chi connectivity index (χ1v) is 10.1. The second kappa shape index (κ2) is 12.8. The van der Waals surface area contributed by atoms with Crippen molar-refractivity contribution in [2.75, 3.05) is 13.1 Å². The maximum atomic E-state index is 5.45. The Labute approximate surface area is 185 Å². The van der Waals surface area contributed by atoms with Crippen LogP contribution in [0.1, 0.15) is 68.8 Å². The number of hydrogen-bond acceptors (Lipinski definition) is 4. The molecule has 0 bridgehead atoms. The van der Waals surface area contributed by atoms with Gasteiger partial charge in [-0.1, -0.05) is 19.0 Å². The first kappa shape index (κ1) is 24.5. The third-order valence-corrected chi connectivity index (χ3v) is 4.66. The summed E-state index contributed by atoms with van der Waals surface area (Å²) in [7, 11) is 0. The van der Waals surface area contributed by atoms with E-state index in [1.807, 2.05) is 13.0 Å². The maximum absolute atomic E-state index is 5.45. The molecule has 8 heteroatoms. The SMILES string of the molecule is CCNC(=NCc1cc(C(CC)CC)no1)NCCCn1nc(C)cc1C.I. The summed E-state index contributed by atoms with van der Waals surface area (Å²) in [6, 6.07) is 4.14. The van der Waals surface area contributed by atoms with Crippen LogP contribution in [0.5, 0.6) is 0 Å². The fraction of sp³-hybridized carbons (Fsp3) is 0.650. The van der Waals surface area contributed by atoms with Crippen LogP contribution in [-0.4, -0.2) is 34.0 Å². The minimum absolute atomic E-state index is 0. The lowest BCUT2D eigenvalue weighted by atomic mass is 9.99. The van der Waals surface area contributed by atoms with Crippen LogP contribution >= 0.6 is 24.0 Å². The van der Waals surface area contributed by atoms with Gasteiger partial charge in [0.05, 0.1) is 11.4 Å². The number of hydrogen-bond donors (Lipinski definition) is 2. The molecule has 2 aromatic heterocycles. The Bertz CT molecular complexity index is 720. The van der Waals surface area contributed by atoms with Crippen molar-refractivity contribution in [1.29, 1.82) is 0 Å². The summed E-state index contributed by atoms with van der Waals surface area (Å²) < 4.78 is 7.50. The van der Waals surface area contributed by atoms with Crippen molar-refractivity contribution >= 4 is 29.9 Å². The maximum Gasteiger partial charge on any atom is 0.191 e. The Hall–Kier alpha value is -1.58. The molecule has 0 amide bonds. The van der Waals surface area contributed by atoms with E-state index in [4.69, 9.17) is 4.52 Å². The first-order chi connectivity index (χ1) is 13.1. The molecular formula is C20H35IN6O. The molecule has 2 heterocycles. The summed E-state index contributed by atoms with van der Waals surface area (Å²) in [6.45, 7) is 13.6. The van der Waals surface area contributed by atoms with Crippen LogP contribution in [-0.2, 0) is 13.1 Å². The molecule has 158 valence electrons. The molecule has 0 spiro atoms. The summed E-state index contributed by atoms with van der Waals surface area (Å²) in [4.78, 5) is 4.61. The fourth-order valence-electron chi connectivity index (χ4n) is 3.14. The number of aliphatic imine (C=N–C) groups is 1. The van der Waals surface area contributed by atoms with Crippen LogP contribution in [0, 0.1) is 13.8 Å². The standard InChI is InChI=1S/C20H34N6O.HI/c1-6-17(7-2)19-13-18(27-25-19)14-23-20(21-8-3)22-10-9-11-26-16(5)12-15(4)24-26;/h12-13,17H,6-11,14H2,1-5H3,(H2,21,22,23);1H. The summed E-state index contributed by atoms with van der Waals surface area (Å²) in [5.74, 6) is 2.07. The van der Waals surface area contributed by atoms with Gasteiger partial charge in [0.1, 0.15) is 6.54 Å². The summed E-state index contributed by atoms with van der Waals surface area (Å²) in [5.41, 5.74) is 3.30. The average molecular weight is 502 g/mol. The quantitative estimate of drug-likeness (QED) is 0.221. The monoisotopic (exact) mass is 502 g/mol. The number of nitrogens with one attached hydrogen (secondary N) is 2. The van der Waals surface area contributed by atoms with Crippen LogP contribution in [0.4, 0.5) is 0 Å². The van der Waals surface area contributed by atoms with E-state index in [0.29, 0.717) is 12.5 Å². The highest BCUT2D eigenvalue weighted by Crippen LogP contribution is 2.22. The molecule has 2 rings (SSSR count). The molecule has 2 aromatic rings. The van der Waals surface area contributed by atoms with Gasteiger partial charge in [0.15, 0.2) is 11.7 Å². The van der Waals surface area contributed by atoms with Crippen molar-refractivity contribution in [3.8, 4) is 0 Å². The van der Waals surface area contributed by atoms with Gasteiger partial charge in [-0.3, -0.25) is 4.68 Å². The molecule has 7 nitrogen and oxygen atoms in total. The van der Waals surface area contributed by atoms with Crippen molar-refractivity contribution in [3.63, 3.8) is 0 Å². The molecule has 0 aliphatic carbocycles. The van der Waals surface area contributed by atoms with Gasteiger partial charge < -0.3 is 15.2 Å². The van der Waals surface area contributed by atoms with E-state index in [9.17, 15) is 0 Å². The number of halogens is 1. The normalized spacial score (nSPS) is 11.6. The number of rotatable bonds is 10. The van der Waals surface area contributed by atoms with Gasteiger partial charge in [-0.15, -0.1) is 24.0 Å². The van der Waals surface area contributed by atoms with Crippen molar-refractivity contribution < 1.29 is 4.52 Å². The van der Waals surface area contributed by atoms with Gasteiger partial charge in [0.25, 0.3) is 0 Å². The first-order valence-electron chi connectivity index (χ1n) is 10.1. The highest BCUT2D eigenvalue weighted by molar-refractivity contribution is 14.0. The zero-order chi connectivity index (χ0) is 19.6. The Morgan fingerprint density at radius 2 is 1.93 bits per heavy atom. The molecule has 0 atom stereocenters. The molecule has 0 saturated carbocycles. The zero-order valence-corrected chi connectivity index (χ0v) is 20.1. The van der Waals surface area contributed by atoms with Crippen LogP contribution in [0.3, 0.4) is 0 Å². The zero-order valence-electron chi connectivity index (χ0n) is 17.8. The number of nitrogens with zero attached hydrogens (tertiary/aromatic N) is 4. The fourth-order valence-corrected chi connectivity index (χ4v) is 3.14. The van der Waals surface area contributed by atoms with Gasteiger partial charge in [-0.2, -0.15) is 5.10 Å². The van der Waals surface area contributed by atoms with E-state index in [-0.39, 0.29) is 24.0 Å². The summed E-state index contributed by atoms with van der Waals surface area (Å²) >= 11 is 0. The molecule has 28 heavy (non-hydrogen) atoms. The lowest BCUT2D eigenvalue weighted by Gasteiger charge is -2.11. The van der Waals surface area contributed by atoms with Crippen molar-refractivity contribution in [2.24, 2.45) is 4.99 Å². The molecular weight excluding hydrogens is 467 g/mol. The average Bonchev–Trinajstić information content (AvgIpc) is 3.24. The van der Waals surface area contributed by atoms with Gasteiger partial charge >= 0.3 is 0 Å². The second-order valence-electron chi connectivity index (χ2n) is 6.86. The van der Waals surface area contributed by atoms with E-state index in [2.05, 4.69) is 64.3 Å². The van der Waals surface area contributed by atoms with Gasteiger partial charge in [-0.05, 0) is 46.1 Å². The Balaban J connectivity index is 0.00000392. The number of aromatic nitrogens is 3. The minimum Gasteiger partial charge on any atom is -0.359 e. The smallest absolute Gasteiger partial charge is 0.191 e. The van der Waals surface area contributed by atoms with Gasteiger partial charge in [-0.25, -0.2) is 4.99 Å². The van der Waals surface area contributed by atoms with E-state index in [0.717, 1.165) is 62.0 Å². The minimum atomic E-state index is 0. The highest BCUT2D eigenvalue weighted by Gasteiger charge is 2.12. The molecule has 0 aromatic carbocycles. The largest absolute Gasteiger partial charge is 0.359 e. The third-order valence-electron chi connectivity index (χ3n) is 4.66. The predicted molar refractivity (Wildman–Crippen MR) is 124 cm³/mol. The predicted octanol–water partition coefficient (Wildman–Crippen LogP) is 4.15. The van der Waals surface area contributed by atoms with Gasteiger partial charge in [0, 0.05) is 37.3 Å². The molecule has 0 fully saturated rings. The van der Waals surface area contributed by atoms with Crippen molar-refractivity contribution in [2.45, 2.75) is 72.9 Å². The lowest BCUT2D eigenvalue weighted by molar-refractivity contribution is 0.372. The van der Waals surface area contributed by atoms with Crippen LogP contribution < -0.4 is 10.6 Å². The third kappa shape index (κ3) is 7.44. The Kier molecular flexibility index (Phi) is 11.2. The molecule has 2 N–H and O–H groups in total. The topological polar surface area (TPSA) is 80.3 Å². The molecule has 0 saturated heterocycles. The number of guanidine groups is 1. The van der Waals surface area contributed by atoms with Crippen LogP contribution in [0.2, 0.25) is 0 Å². The van der Waals surface area contributed by atoms with Gasteiger partial charge in [0.2, 0.25) is 0 Å². The second-order valence-corrected chi connectivity index (χ2v) is 6.86. The Morgan fingerprint density at radius 3 is 2.54 bits per heavy atom. The lowest BCUT2D eigenvalue weighted by Crippen LogP contribution is -2.38. The molecule has 0 radical (unpaired) electrons. The Morgan fingerprint density at radius 1 is 1.18 bits per heavy atom. The van der Waals surface area contributed by atoms with Crippen LogP contribution in [0.25, 0.3) is 0 Å². The van der Waals surface area contributed by atoms with E-state index in [1.54, 1.807) is 0 Å².